The van der Waals surface area contributed by atoms with Crippen molar-refractivity contribution in [3.8, 4) is 0 Å². The van der Waals surface area contributed by atoms with Crippen molar-refractivity contribution in [2.45, 2.75) is 42.5 Å². The van der Waals surface area contributed by atoms with E-state index in [2.05, 4.69) is 29.2 Å². The quantitative estimate of drug-likeness (QED) is 0.916. The number of nitrogens with zero attached hydrogens (tertiary/aromatic N) is 1. The van der Waals surface area contributed by atoms with Crippen molar-refractivity contribution in [1.82, 2.24) is 4.90 Å². The molecule has 2 unspecified atom stereocenters. The van der Waals surface area contributed by atoms with Gasteiger partial charge >= 0.3 is 0 Å². The van der Waals surface area contributed by atoms with E-state index in [0.717, 1.165) is 18.5 Å². The molecule has 19 heavy (non-hydrogen) atoms. The number of thioether (sulfide) groups is 1. The second-order valence-corrected chi connectivity index (χ2v) is 6.83. The Morgan fingerprint density at radius 3 is 3.05 bits per heavy atom. The van der Waals surface area contributed by atoms with Gasteiger partial charge in [-0.05, 0) is 44.0 Å². The molecule has 2 aliphatic heterocycles. The van der Waals surface area contributed by atoms with Gasteiger partial charge in [0.2, 0.25) is 0 Å². The van der Waals surface area contributed by atoms with Gasteiger partial charge in [0.25, 0.3) is 0 Å². The Bertz CT molecular complexity index is 419. The van der Waals surface area contributed by atoms with Crippen LogP contribution >= 0.6 is 11.8 Å². The molecule has 1 aromatic rings. The third-order valence-corrected chi connectivity index (χ3v) is 5.75. The molecule has 0 aliphatic carbocycles. The van der Waals surface area contributed by atoms with E-state index in [1.54, 1.807) is 5.56 Å². The first-order chi connectivity index (χ1) is 9.38. The number of piperidine rings is 1. The highest BCUT2D eigenvalue weighted by atomic mass is 32.2. The Kier molecular flexibility index (Phi) is 4.46. The summed E-state index contributed by atoms with van der Waals surface area (Å²) >= 11 is 2.03. The maximum Gasteiger partial charge on any atom is 0.0108 e. The monoisotopic (exact) mass is 276 g/mol. The van der Waals surface area contributed by atoms with Crippen LogP contribution < -0.4 is 5.73 Å². The average molecular weight is 276 g/mol. The van der Waals surface area contributed by atoms with Gasteiger partial charge in [0.1, 0.15) is 0 Å². The SMILES string of the molecule is NCCC1CCCCN1CC1CSc2ccccc21. The maximum absolute atomic E-state index is 5.78. The molecule has 0 bridgehead atoms. The van der Waals surface area contributed by atoms with Crippen LogP contribution in [0.2, 0.25) is 0 Å². The normalized spacial score (nSPS) is 27.4. The molecule has 0 aromatic heterocycles. The molecule has 2 heterocycles. The third kappa shape index (κ3) is 2.99. The summed E-state index contributed by atoms with van der Waals surface area (Å²) in [6, 6.07) is 9.67. The van der Waals surface area contributed by atoms with Crippen molar-refractivity contribution in [2.24, 2.45) is 5.73 Å². The van der Waals surface area contributed by atoms with Crippen molar-refractivity contribution >= 4 is 11.8 Å². The minimum atomic E-state index is 0.722. The van der Waals surface area contributed by atoms with Gasteiger partial charge < -0.3 is 5.73 Å². The molecule has 1 fully saturated rings. The molecule has 0 spiro atoms. The van der Waals surface area contributed by atoms with E-state index >= 15 is 0 Å². The first kappa shape index (κ1) is 13.5. The largest absolute Gasteiger partial charge is 0.330 e. The molecule has 2 N–H and O–H groups in total. The van der Waals surface area contributed by atoms with Crippen LogP contribution in [0.5, 0.6) is 0 Å². The van der Waals surface area contributed by atoms with Gasteiger partial charge in [-0.2, -0.15) is 0 Å². The van der Waals surface area contributed by atoms with E-state index in [1.807, 2.05) is 11.8 Å². The lowest BCUT2D eigenvalue weighted by Gasteiger charge is -2.37. The minimum Gasteiger partial charge on any atom is -0.330 e. The van der Waals surface area contributed by atoms with Crippen LogP contribution in [0.15, 0.2) is 29.2 Å². The lowest BCUT2D eigenvalue weighted by atomic mass is 9.95. The second kappa shape index (κ2) is 6.29. The van der Waals surface area contributed by atoms with E-state index < -0.39 is 0 Å². The van der Waals surface area contributed by atoms with Gasteiger partial charge in [-0.1, -0.05) is 24.6 Å². The molecule has 0 radical (unpaired) electrons. The summed E-state index contributed by atoms with van der Waals surface area (Å²) in [6.45, 7) is 3.33. The Morgan fingerprint density at radius 2 is 2.16 bits per heavy atom. The summed E-state index contributed by atoms with van der Waals surface area (Å²) in [4.78, 5) is 4.21. The van der Waals surface area contributed by atoms with Crippen LogP contribution in [0.1, 0.15) is 37.2 Å². The zero-order chi connectivity index (χ0) is 13.1. The van der Waals surface area contributed by atoms with Crippen LogP contribution in [-0.4, -0.2) is 36.3 Å². The summed E-state index contributed by atoms with van der Waals surface area (Å²) in [7, 11) is 0. The fraction of sp³-hybridized carbons (Fsp3) is 0.625. The Labute approximate surface area is 120 Å². The van der Waals surface area contributed by atoms with E-state index in [1.165, 1.54) is 49.4 Å². The van der Waals surface area contributed by atoms with Crippen molar-refractivity contribution in [3.05, 3.63) is 29.8 Å². The first-order valence-electron chi connectivity index (χ1n) is 7.54. The van der Waals surface area contributed by atoms with Gasteiger partial charge in [-0.3, -0.25) is 4.90 Å². The highest BCUT2D eigenvalue weighted by molar-refractivity contribution is 7.99. The second-order valence-electron chi connectivity index (χ2n) is 5.77. The number of benzene rings is 1. The van der Waals surface area contributed by atoms with E-state index in [0.29, 0.717) is 0 Å². The molecule has 2 atom stereocenters. The fourth-order valence-corrected chi connectivity index (χ4v) is 4.73. The molecule has 3 rings (SSSR count). The van der Waals surface area contributed by atoms with Crippen molar-refractivity contribution < 1.29 is 0 Å². The molecule has 0 amide bonds. The maximum atomic E-state index is 5.78. The number of rotatable bonds is 4. The Morgan fingerprint density at radius 1 is 1.26 bits per heavy atom. The summed E-state index contributed by atoms with van der Waals surface area (Å²) in [5.41, 5.74) is 7.35. The molecular formula is C16H24N2S. The van der Waals surface area contributed by atoms with Crippen LogP contribution in [-0.2, 0) is 0 Å². The number of fused-ring (bicyclic) bond motifs is 1. The molecule has 104 valence electrons. The molecule has 0 saturated carbocycles. The predicted molar refractivity (Wildman–Crippen MR) is 82.8 cm³/mol. The standard InChI is InChI=1S/C16H24N2S/c17-9-8-14-5-3-4-10-18(14)11-13-12-19-16-7-2-1-6-15(13)16/h1-2,6-7,13-14H,3-5,8-12,17H2. The molecule has 1 saturated heterocycles. The molecular weight excluding hydrogens is 252 g/mol. The molecule has 2 nitrogen and oxygen atoms in total. The van der Waals surface area contributed by atoms with Gasteiger partial charge in [0.15, 0.2) is 0 Å². The van der Waals surface area contributed by atoms with Gasteiger partial charge in [0, 0.05) is 29.2 Å². The van der Waals surface area contributed by atoms with Gasteiger partial charge in [-0.25, -0.2) is 0 Å². The minimum absolute atomic E-state index is 0.722. The Balaban J connectivity index is 1.67. The van der Waals surface area contributed by atoms with Gasteiger partial charge in [0.05, 0.1) is 0 Å². The van der Waals surface area contributed by atoms with Crippen LogP contribution in [0.3, 0.4) is 0 Å². The molecule has 3 heteroatoms. The average Bonchev–Trinajstić information content (AvgIpc) is 2.85. The third-order valence-electron chi connectivity index (χ3n) is 4.50. The first-order valence-corrected chi connectivity index (χ1v) is 8.53. The number of hydrogen-bond donors (Lipinski definition) is 1. The van der Waals surface area contributed by atoms with Crippen molar-refractivity contribution in [3.63, 3.8) is 0 Å². The zero-order valence-corrected chi connectivity index (χ0v) is 12.4. The lowest BCUT2D eigenvalue weighted by Crippen LogP contribution is -2.42. The smallest absolute Gasteiger partial charge is 0.0108 e. The van der Waals surface area contributed by atoms with Crippen molar-refractivity contribution in [2.75, 3.05) is 25.4 Å². The fourth-order valence-electron chi connectivity index (χ4n) is 3.48. The topological polar surface area (TPSA) is 29.3 Å². The van der Waals surface area contributed by atoms with Crippen LogP contribution in [0.25, 0.3) is 0 Å². The van der Waals surface area contributed by atoms with Crippen LogP contribution in [0, 0.1) is 0 Å². The number of hydrogen-bond acceptors (Lipinski definition) is 3. The van der Waals surface area contributed by atoms with E-state index in [4.69, 9.17) is 5.73 Å². The number of nitrogens with two attached hydrogens (primary N) is 1. The summed E-state index contributed by atoms with van der Waals surface area (Å²) in [5, 5.41) is 0. The summed E-state index contributed by atoms with van der Waals surface area (Å²) in [5.74, 6) is 1.98. The van der Waals surface area contributed by atoms with Crippen molar-refractivity contribution in [1.29, 1.82) is 0 Å². The molecule has 1 aromatic carbocycles. The van der Waals surface area contributed by atoms with E-state index in [9.17, 15) is 0 Å². The Hall–Kier alpha value is -0.510. The molecule has 2 aliphatic rings. The zero-order valence-electron chi connectivity index (χ0n) is 11.6. The predicted octanol–water partition coefficient (Wildman–Crippen LogP) is 3.08. The summed E-state index contributed by atoms with van der Waals surface area (Å²) in [6.07, 6.45) is 5.26. The number of likely N-dealkylation sites (tertiary alicyclic amines) is 1. The lowest BCUT2D eigenvalue weighted by molar-refractivity contribution is 0.136. The van der Waals surface area contributed by atoms with Crippen LogP contribution in [0.4, 0.5) is 0 Å². The van der Waals surface area contributed by atoms with Gasteiger partial charge in [-0.15, -0.1) is 11.8 Å². The highest BCUT2D eigenvalue weighted by Crippen LogP contribution is 2.40. The summed E-state index contributed by atoms with van der Waals surface area (Å²) < 4.78 is 0. The highest BCUT2D eigenvalue weighted by Gasteiger charge is 2.28. The van der Waals surface area contributed by atoms with E-state index in [-0.39, 0.29) is 0 Å².